The minimum absolute atomic E-state index is 0.317. The number of rotatable bonds is 1. The van der Waals surface area contributed by atoms with Crippen LogP contribution in [0.2, 0.25) is 0 Å². The number of pyridine rings is 1. The van der Waals surface area contributed by atoms with Crippen molar-refractivity contribution in [2.45, 2.75) is 65.2 Å². The molecular formula is C24H31NO. The second-order valence-corrected chi connectivity index (χ2v) is 9.95. The summed E-state index contributed by atoms with van der Waals surface area (Å²) in [5, 5.41) is 0. The van der Waals surface area contributed by atoms with Crippen LogP contribution in [-0.4, -0.2) is 10.8 Å². The molecule has 2 nitrogen and oxygen atoms in total. The highest BCUT2D eigenvalue weighted by Gasteiger charge is 2.58. The zero-order chi connectivity index (χ0) is 17.9. The largest absolute Gasteiger partial charge is 0.300 e. The number of ketones is 1. The molecule has 1 aromatic rings. The lowest BCUT2D eigenvalue weighted by atomic mass is 9.44. The first-order chi connectivity index (χ1) is 12.5. The molecule has 5 rings (SSSR count). The van der Waals surface area contributed by atoms with Crippen LogP contribution in [0.3, 0.4) is 0 Å². The third kappa shape index (κ3) is 2.23. The molecule has 3 fully saturated rings. The van der Waals surface area contributed by atoms with E-state index in [9.17, 15) is 4.79 Å². The molecule has 138 valence electrons. The standard InChI is InChI=1S/C24H31NO/c1-23-11-9-18(26)14-17(23)5-6-19-21-8-7-20(16-4-3-13-25-15-16)24(21,2)12-10-22(19)23/h3-4,7,13,15,17,19,21-22H,5-6,8-12,14H2,1-2H3/t17-,19?,21?,22?,23+,24-/m1/s1. The van der Waals surface area contributed by atoms with Crippen LogP contribution in [0.4, 0.5) is 0 Å². The lowest BCUT2D eigenvalue weighted by Crippen LogP contribution is -2.53. The highest BCUT2D eigenvalue weighted by atomic mass is 16.1. The second kappa shape index (κ2) is 5.78. The Bertz CT molecular complexity index is 753. The van der Waals surface area contributed by atoms with Gasteiger partial charge in [0.2, 0.25) is 0 Å². The van der Waals surface area contributed by atoms with Gasteiger partial charge < -0.3 is 0 Å². The van der Waals surface area contributed by atoms with Gasteiger partial charge >= 0.3 is 0 Å². The summed E-state index contributed by atoms with van der Waals surface area (Å²) in [5.74, 6) is 3.63. The van der Waals surface area contributed by atoms with Crippen molar-refractivity contribution >= 4 is 11.4 Å². The van der Waals surface area contributed by atoms with Gasteiger partial charge in [-0.1, -0.05) is 26.0 Å². The van der Waals surface area contributed by atoms with Crippen molar-refractivity contribution in [2.24, 2.45) is 34.5 Å². The van der Waals surface area contributed by atoms with E-state index in [0.29, 0.717) is 22.5 Å². The van der Waals surface area contributed by atoms with E-state index >= 15 is 0 Å². The van der Waals surface area contributed by atoms with Crippen LogP contribution in [-0.2, 0) is 4.79 Å². The zero-order valence-electron chi connectivity index (χ0n) is 16.2. The Labute approximate surface area is 157 Å². The number of aromatic nitrogens is 1. The van der Waals surface area contributed by atoms with Crippen molar-refractivity contribution in [3.63, 3.8) is 0 Å². The Morgan fingerprint density at radius 3 is 2.81 bits per heavy atom. The molecule has 26 heavy (non-hydrogen) atoms. The van der Waals surface area contributed by atoms with E-state index in [1.165, 1.54) is 37.7 Å². The van der Waals surface area contributed by atoms with Gasteiger partial charge in [0.1, 0.15) is 5.78 Å². The lowest BCUT2D eigenvalue weighted by Gasteiger charge is -2.60. The molecule has 0 aromatic carbocycles. The minimum Gasteiger partial charge on any atom is -0.300 e. The summed E-state index contributed by atoms with van der Waals surface area (Å²) >= 11 is 0. The van der Waals surface area contributed by atoms with E-state index in [1.54, 1.807) is 5.57 Å². The molecule has 2 heteroatoms. The molecule has 6 atom stereocenters. The van der Waals surface area contributed by atoms with Crippen LogP contribution in [0.1, 0.15) is 70.8 Å². The van der Waals surface area contributed by atoms with Gasteiger partial charge in [-0.2, -0.15) is 0 Å². The van der Waals surface area contributed by atoms with Gasteiger partial charge in [0.05, 0.1) is 0 Å². The Morgan fingerprint density at radius 2 is 2.00 bits per heavy atom. The molecule has 1 aromatic heterocycles. The van der Waals surface area contributed by atoms with Gasteiger partial charge in [0, 0.05) is 25.2 Å². The van der Waals surface area contributed by atoms with Crippen LogP contribution < -0.4 is 0 Å². The number of allylic oxidation sites excluding steroid dienone is 2. The maximum absolute atomic E-state index is 12.0. The first-order valence-electron chi connectivity index (χ1n) is 10.6. The molecule has 0 amide bonds. The number of carbonyl (C=O) groups excluding carboxylic acids is 1. The third-order valence-electron chi connectivity index (χ3n) is 9.04. The fraction of sp³-hybridized carbons (Fsp3) is 0.667. The molecule has 3 saturated carbocycles. The maximum atomic E-state index is 12.0. The summed E-state index contributed by atoms with van der Waals surface area (Å²) in [6, 6.07) is 4.31. The number of carbonyl (C=O) groups is 1. The second-order valence-electron chi connectivity index (χ2n) is 9.95. The van der Waals surface area contributed by atoms with Crippen molar-refractivity contribution in [3.05, 3.63) is 36.2 Å². The van der Waals surface area contributed by atoms with E-state index in [1.807, 2.05) is 6.20 Å². The number of hydrogen-bond donors (Lipinski definition) is 0. The molecule has 0 radical (unpaired) electrons. The Kier molecular flexibility index (Phi) is 3.71. The lowest BCUT2D eigenvalue weighted by molar-refractivity contribution is -0.136. The van der Waals surface area contributed by atoms with Crippen molar-refractivity contribution in [1.29, 1.82) is 0 Å². The minimum atomic E-state index is 0.317. The van der Waals surface area contributed by atoms with Crippen LogP contribution in [0, 0.1) is 34.5 Å². The molecule has 0 saturated heterocycles. The zero-order valence-corrected chi connectivity index (χ0v) is 16.2. The van der Waals surface area contributed by atoms with Crippen LogP contribution in [0.25, 0.3) is 5.57 Å². The third-order valence-corrected chi connectivity index (χ3v) is 9.04. The maximum Gasteiger partial charge on any atom is 0.133 e. The van der Waals surface area contributed by atoms with Crippen molar-refractivity contribution in [1.82, 2.24) is 4.98 Å². The van der Waals surface area contributed by atoms with E-state index in [0.717, 1.165) is 37.0 Å². The highest BCUT2D eigenvalue weighted by molar-refractivity contribution is 5.79. The van der Waals surface area contributed by atoms with Gasteiger partial charge in [-0.3, -0.25) is 9.78 Å². The van der Waals surface area contributed by atoms with Crippen molar-refractivity contribution in [3.8, 4) is 0 Å². The molecule has 0 bridgehead atoms. The summed E-state index contributed by atoms with van der Waals surface area (Å²) in [5.41, 5.74) is 3.62. The average molecular weight is 350 g/mol. The molecule has 3 unspecified atom stereocenters. The van der Waals surface area contributed by atoms with Crippen LogP contribution in [0.15, 0.2) is 30.6 Å². The predicted octanol–water partition coefficient (Wildman–Crippen LogP) is 5.69. The van der Waals surface area contributed by atoms with Gasteiger partial charge in [-0.05, 0) is 90.2 Å². The smallest absolute Gasteiger partial charge is 0.133 e. The molecule has 4 aliphatic rings. The fourth-order valence-corrected chi connectivity index (χ4v) is 7.58. The van der Waals surface area contributed by atoms with E-state index in [-0.39, 0.29) is 0 Å². The molecular weight excluding hydrogens is 318 g/mol. The van der Waals surface area contributed by atoms with Gasteiger partial charge in [-0.25, -0.2) is 0 Å². The van der Waals surface area contributed by atoms with E-state index in [4.69, 9.17) is 0 Å². The monoisotopic (exact) mass is 349 g/mol. The Balaban J connectivity index is 1.45. The number of Topliss-reactive ketones (excluding diaryl/α,β-unsaturated/α-hetero) is 1. The van der Waals surface area contributed by atoms with Crippen molar-refractivity contribution < 1.29 is 4.79 Å². The first kappa shape index (κ1) is 16.7. The first-order valence-corrected chi connectivity index (χ1v) is 10.6. The topological polar surface area (TPSA) is 30.0 Å². The number of fused-ring (bicyclic) bond motifs is 5. The summed E-state index contributed by atoms with van der Waals surface area (Å²) in [6.07, 6.45) is 15.8. The molecule has 0 spiro atoms. The van der Waals surface area contributed by atoms with E-state index < -0.39 is 0 Å². The normalized spacial score (nSPS) is 44.7. The molecule has 0 N–H and O–H groups in total. The highest BCUT2D eigenvalue weighted by Crippen LogP contribution is 2.67. The summed E-state index contributed by atoms with van der Waals surface area (Å²) in [6.45, 7) is 5.06. The summed E-state index contributed by atoms with van der Waals surface area (Å²) < 4.78 is 0. The van der Waals surface area contributed by atoms with Crippen LogP contribution >= 0.6 is 0 Å². The van der Waals surface area contributed by atoms with E-state index in [2.05, 4.69) is 43.2 Å². The molecule has 4 aliphatic carbocycles. The quantitative estimate of drug-likeness (QED) is 0.652. The van der Waals surface area contributed by atoms with Crippen LogP contribution in [0.5, 0.6) is 0 Å². The summed E-state index contributed by atoms with van der Waals surface area (Å²) in [7, 11) is 0. The summed E-state index contributed by atoms with van der Waals surface area (Å²) in [4.78, 5) is 16.4. The Morgan fingerprint density at radius 1 is 1.12 bits per heavy atom. The van der Waals surface area contributed by atoms with Gasteiger partial charge in [0.25, 0.3) is 0 Å². The number of nitrogens with zero attached hydrogens (tertiary/aromatic N) is 1. The van der Waals surface area contributed by atoms with Gasteiger partial charge in [-0.15, -0.1) is 0 Å². The molecule has 1 heterocycles. The predicted molar refractivity (Wildman–Crippen MR) is 104 cm³/mol. The molecule has 0 aliphatic heterocycles. The number of hydrogen-bond acceptors (Lipinski definition) is 2. The fourth-order valence-electron chi connectivity index (χ4n) is 7.58. The van der Waals surface area contributed by atoms with Crippen molar-refractivity contribution in [2.75, 3.05) is 0 Å². The average Bonchev–Trinajstić information content (AvgIpc) is 3.00. The van der Waals surface area contributed by atoms with Gasteiger partial charge in [0.15, 0.2) is 0 Å². The Hall–Kier alpha value is -1.44. The SMILES string of the molecule is C[C@]12CCC3C(CC[C@@H]4CC(=O)CC[C@]34C)C1CC=C2c1cccnc1.